The van der Waals surface area contributed by atoms with Crippen molar-refractivity contribution in [2.24, 2.45) is 0 Å². The third-order valence-corrected chi connectivity index (χ3v) is 3.10. The Bertz CT molecular complexity index is 189. The molecule has 0 radical (unpaired) electrons. The molecule has 0 aromatic carbocycles. The van der Waals surface area contributed by atoms with E-state index < -0.39 is 0 Å². The van der Waals surface area contributed by atoms with Gasteiger partial charge in [-0.3, -0.25) is 4.79 Å². The van der Waals surface area contributed by atoms with Gasteiger partial charge in [0.25, 0.3) is 5.24 Å². The molecule has 0 bridgehead atoms. The van der Waals surface area contributed by atoms with Gasteiger partial charge in [-0.05, 0) is 22.6 Å². The number of alkyl halides is 1. The molecule has 1 atom stereocenters. The normalized spacial score (nSPS) is 20.8. The number of carbonyl (C=O) groups excluding carboxylic acids is 1. The van der Waals surface area contributed by atoms with E-state index in [4.69, 9.17) is 6.42 Å². The molecule has 0 aromatic rings. The molecule has 1 rings (SSSR count). The number of amides is 1. The minimum absolute atomic E-state index is 0.0694. The summed E-state index contributed by atoms with van der Waals surface area (Å²) in [6.45, 7) is 0.793. The zero-order valence-electron chi connectivity index (χ0n) is 5.21. The van der Waals surface area contributed by atoms with Gasteiger partial charge in [-0.25, -0.2) is 0 Å². The molecule has 0 aliphatic carbocycles. The quantitative estimate of drug-likeness (QED) is 0.311. The highest BCUT2D eigenvalue weighted by Gasteiger charge is 2.25. The average molecular weight is 267 g/mol. The van der Waals surface area contributed by atoms with Gasteiger partial charge in [-0.15, -0.1) is 6.42 Å². The molecule has 4 heteroatoms. The minimum atomic E-state index is -0.0694. The maximum Gasteiger partial charge on any atom is 0.283 e. The Hall–Kier alpha value is 0.110. The van der Waals surface area contributed by atoms with Crippen molar-refractivity contribution in [3.05, 3.63) is 0 Å². The van der Waals surface area contributed by atoms with Crippen LogP contribution in [0.15, 0.2) is 0 Å². The Balaban J connectivity index is 2.57. The molecule has 2 nitrogen and oxygen atoms in total. The van der Waals surface area contributed by atoms with Crippen LogP contribution in [-0.4, -0.2) is 26.5 Å². The van der Waals surface area contributed by atoms with Crippen LogP contribution < -0.4 is 0 Å². The molecule has 10 heavy (non-hydrogen) atoms. The molecular formula is C6H6INOS. The van der Waals surface area contributed by atoms with Crippen LogP contribution in [0.4, 0.5) is 4.79 Å². The van der Waals surface area contributed by atoms with Gasteiger partial charge in [0.2, 0.25) is 0 Å². The fraction of sp³-hybridized carbons (Fsp3) is 0.500. The maximum absolute atomic E-state index is 11.0. The van der Waals surface area contributed by atoms with Crippen molar-refractivity contribution in [2.45, 2.75) is 4.05 Å². The molecule has 0 saturated carbocycles. The zero-order chi connectivity index (χ0) is 7.56. The molecular weight excluding hydrogens is 261 g/mol. The van der Waals surface area contributed by atoms with E-state index in [0.29, 0.717) is 0 Å². The van der Waals surface area contributed by atoms with Crippen molar-refractivity contribution in [1.82, 2.24) is 4.90 Å². The van der Waals surface area contributed by atoms with Gasteiger partial charge in [0.1, 0.15) is 4.05 Å². The molecule has 1 heterocycles. The summed E-state index contributed by atoms with van der Waals surface area (Å²) < 4.78 is -0.0694. The van der Waals surface area contributed by atoms with E-state index in [0.717, 1.165) is 12.3 Å². The smallest absolute Gasteiger partial charge is 0.283 e. The number of hydrogen-bond acceptors (Lipinski definition) is 2. The zero-order valence-corrected chi connectivity index (χ0v) is 8.18. The Kier molecular flexibility index (Phi) is 2.86. The standard InChI is InChI=1S/C6H6INOS/c1-2-5(7)8-3-4-10-6(8)9/h1,5H,3-4H2. The minimum Gasteiger partial charge on any atom is -0.310 e. The lowest BCUT2D eigenvalue weighted by Crippen LogP contribution is -2.29. The van der Waals surface area contributed by atoms with E-state index >= 15 is 0 Å². The first-order valence-corrected chi connectivity index (χ1v) is 5.02. The molecule has 1 unspecified atom stereocenters. The van der Waals surface area contributed by atoms with Gasteiger partial charge in [0.05, 0.1) is 0 Å². The van der Waals surface area contributed by atoms with Crippen LogP contribution in [0.3, 0.4) is 0 Å². The Labute approximate surface area is 77.9 Å². The highest BCUT2D eigenvalue weighted by molar-refractivity contribution is 14.1. The van der Waals surface area contributed by atoms with Crippen LogP contribution in [0.2, 0.25) is 0 Å². The lowest BCUT2D eigenvalue weighted by Gasteiger charge is -2.15. The molecule has 0 spiro atoms. The summed E-state index contributed by atoms with van der Waals surface area (Å²) in [5, 5.41) is 0.109. The number of carbonyl (C=O) groups is 1. The fourth-order valence-electron chi connectivity index (χ4n) is 0.701. The van der Waals surface area contributed by atoms with Crippen LogP contribution in [0.25, 0.3) is 0 Å². The predicted molar refractivity (Wildman–Crippen MR) is 51.2 cm³/mol. The van der Waals surface area contributed by atoms with Gasteiger partial charge < -0.3 is 4.90 Å². The van der Waals surface area contributed by atoms with Crippen LogP contribution in [0, 0.1) is 12.3 Å². The van der Waals surface area contributed by atoms with Gasteiger partial charge in [0, 0.05) is 12.3 Å². The van der Waals surface area contributed by atoms with Crippen molar-refractivity contribution < 1.29 is 4.79 Å². The van der Waals surface area contributed by atoms with Crippen molar-refractivity contribution >= 4 is 39.6 Å². The predicted octanol–water partition coefficient (Wildman–Crippen LogP) is 1.55. The van der Waals surface area contributed by atoms with Gasteiger partial charge in [0.15, 0.2) is 0 Å². The number of hydrogen-bond donors (Lipinski definition) is 0. The molecule has 54 valence electrons. The number of rotatable bonds is 1. The Morgan fingerprint density at radius 1 is 1.90 bits per heavy atom. The van der Waals surface area contributed by atoms with Crippen LogP contribution in [0.5, 0.6) is 0 Å². The number of thioether (sulfide) groups is 1. The highest BCUT2D eigenvalue weighted by atomic mass is 127. The van der Waals surface area contributed by atoms with E-state index in [1.54, 1.807) is 4.90 Å². The Morgan fingerprint density at radius 3 is 3.00 bits per heavy atom. The summed E-state index contributed by atoms with van der Waals surface area (Å²) in [6, 6.07) is 0. The second-order valence-corrected chi connectivity index (χ2v) is 4.04. The largest absolute Gasteiger partial charge is 0.310 e. The van der Waals surface area contributed by atoms with E-state index in [1.807, 2.05) is 0 Å². The summed E-state index contributed by atoms with van der Waals surface area (Å²) in [4.78, 5) is 12.7. The SMILES string of the molecule is C#CC(I)N1CCSC1=O. The van der Waals surface area contributed by atoms with Crippen molar-refractivity contribution in [2.75, 3.05) is 12.3 Å². The average Bonchev–Trinajstić information content (AvgIpc) is 2.34. The third-order valence-electron chi connectivity index (χ3n) is 1.20. The monoisotopic (exact) mass is 267 g/mol. The van der Waals surface area contributed by atoms with Crippen molar-refractivity contribution in [1.29, 1.82) is 0 Å². The van der Waals surface area contributed by atoms with Gasteiger partial charge in [-0.2, -0.15) is 0 Å². The molecule has 1 aliphatic rings. The Morgan fingerprint density at radius 2 is 2.60 bits per heavy atom. The van der Waals surface area contributed by atoms with E-state index in [2.05, 4.69) is 28.5 Å². The van der Waals surface area contributed by atoms with Crippen LogP contribution in [-0.2, 0) is 0 Å². The summed E-state index contributed by atoms with van der Waals surface area (Å²) in [7, 11) is 0. The van der Waals surface area contributed by atoms with Gasteiger partial charge >= 0.3 is 0 Å². The second kappa shape index (κ2) is 3.49. The summed E-state index contributed by atoms with van der Waals surface area (Å²) in [5.74, 6) is 3.39. The van der Waals surface area contributed by atoms with Gasteiger partial charge in [-0.1, -0.05) is 17.7 Å². The summed E-state index contributed by atoms with van der Waals surface area (Å²) in [6.07, 6.45) is 5.15. The van der Waals surface area contributed by atoms with E-state index in [-0.39, 0.29) is 9.29 Å². The molecule has 1 aliphatic heterocycles. The van der Waals surface area contributed by atoms with Crippen LogP contribution >= 0.6 is 34.4 Å². The number of terminal acetylenes is 1. The van der Waals surface area contributed by atoms with Crippen molar-refractivity contribution in [3.63, 3.8) is 0 Å². The highest BCUT2D eigenvalue weighted by Crippen LogP contribution is 2.22. The number of halogens is 1. The molecule has 0 aromatic heterocycles. The second-order valence-electron chi connectivity index (χ2n) is 1.81. The first kappa shape index (κ1) is 8.21. The molecule has 1 fully saturated rings. The topological polar surface area (TPSA) is 20.3 Å². The van der Waals surface area contributed by atoms with Crippen molar-refractivity contribution in [3.8, 4) is 12.3 Å². The summed E-state index contributed by atoms with van der Waals surface area (Å²) in [5.41, 5.74) is 0. The molecule has 1 amide bonds. The first-order valence-electron chi connectivity index (χ1n) is 2.79. The lowest BCUT2D eigenvalue weighted by atomic mass is 10.5. The van der Waals surface area contributed by atoms with E-state index in [9.17, 15) is 4.79 Å². The first-order chi connectivity index (χ1) is 4.75. The molecule has 0 N–H and O–H groups in total. The lowest BCUT2D eigenvalue weighted by molar-refractivity contribution is 0.233. The maximum atomic E-state index is 11.0. The van der Waals surface area contributed by atoms with Crippen LogP contribution in [0.1, 0.15) is 0 Å². The number of nitrogens with zero attached hydrogens (tertiary/aromatic N) is 1. The third kappa shape index (κ3) is 1.58. The summed E-state index contributed by atoms with van der Waals surface area (Å²) >= 11 is 3.41. The van der Waals surface area contributed by atoms with E-state index in [1.165, 1.54) is 11.8 Å². The fourth-order valence-corrected chi connectivity index (χ4v) is 2.25. The molecule has 1 saturated heterocycles.